The van der Waals surface area contributed by atoms with Gasteiger partial charge in [-0.15, -0.1) is 0 Å². The smallest absolute Gasteiger partial charge is 0.387 e. The van der Waals surface area contributed by atoms with E-state index in [0.717, 1.165) is 17.0 Å². The summed E-state index contributed by atoms with van der Waals surface area (Å²) in [6, 6.07) is 14.1. The first-order chi connectivity index (χ1) is 9.67. The first kappa shape index (κ1) is 14.1. The summed E-state index contributed by atoms with van der Waals surface area (Å²) in [6.07, 6.45) is 0. The Bertz CT molecular complexity index is 544. The Morgan fingerprint density at radius 2 is 1.80 bits per heavy atom. The number of anilines is 1. The number of methoxy groups -OCH3 is 1. The fourth-order valence-electron chi connectivity index (χ4n) is 1.74. The van der Waals surface area contributed by atoms with Crippen molar-refractivity contribution in [1.82, 2.24) is 0 Å². The van der Waals surface area contributed by atoms with Gasteiger partial charge in [0.2, 0.25) is 0 Å². The molecule has 0 aliphatic rings. The molecule has 2 aromatic rings. The molecule has 2 rings (SSSR count). The Morgan fingerprint density at radius 1 is 1.05 bits per heavy atom. The molecule has 0 spiro atoms. The van der Waals surface area contributed by atoms with E-state index in [9.17, 15) is 8.78 Å². The molecule has 0 aliphatic heterocycles. The van der Waals surface area contributed by atoms with Gasteiger partial charge < -0.3 is 14.8 Å². The van der Waals surface area contributed by atoms with Crippen molar-refractivity contribution in [3.05, 3.63) is 54.1 Å². The van der Waals surface area contributed by atoms with E-state index in [1.807, 2.05) is 24.3 Å². The van der Waals surface area contributed by atoms with Crippen LogP contribution in [0.5, 0.6) is 11.5 Å². The molecule has 0 aromatic heterocycles. The molecule has 0 saturated heterocycles. The van der Waals surface area contributed by atoms with Gasteiger partial charge in [0, 0.05) is 12.2 Å². The second-order valence-electron chi connectivity index (χ2n) is 4.11. The summed E-state index contributed by atoms with van der Waals surface area (Å²) in [7, 11) is 1.62. The predicted molar refractivity (Wildman–Crippen MR) is 73.4 cm³/mol. The summed E-state index contributed by atoms with van der Waals surface area (Å²) in [5, 5.41) is 3.19. The van der Waals surface area contributed by atoms with Crippen LogP contribution in [0.25, 0.3) is 0 Å². The second-order valence-corrected chi connectivity index (χ2v) is 4.11. The van der Waals surface area contributed by atoms with Crippen LogP contribution in [-0.2, 0) is 6.54 Å². The van der Waals surface area contributed by atoms with Gasteiger partial charge in [0.1, 0.15) is 11.5 Å². The van der Waals surface area contributed by atoms with Crippen molar-refractivity contribution in [2.45, 2.75) is 13.2 Å². The van der Waals surface area contributed by atoms with Gasteiger partial charge in [-0.05, 0) is 42.0 Å². The molecule has 106 valence electrons. The third kappa shape index (κ3) is 4.12. The Morgan fingerprint density at radius 3 is 2.45 bits per heavy atom. The van der Waals surface area contributed by atoms with Crippen molar-refractivity contribution in [2.75, 3.05) is 12.4 Å². The molecule has 5 heteroatoms. The van der Waals surface area contributed by atoms with Gasteiger partial charge in [0.15, 0.2) is 0 Å². The highest BCUT2D eigenvalue weighted by molar-refractivity contribution is 5.47. The zero-order valence-electron chi connectivity index (χ0n) is 11.0. The molecule has 0 saturated carbocycles. The van der Waals surface area contributed by atoms with Crippen LogP contribution in [0.15, 0.2) is 48.5 Å². The van der Waals surface area contributed by atoms with E-state index in [0.29, 0.717) is 6.54 Å². The lowest BCUT2D eigenvalue weighted by molar-refractivity contribution is -0.0498. The number of hydrogen-bond acceptors (Lipinski definition) is 3. The molecule has 0 bridgehead atoms. The summed E-state index contributed by atoms with van der Waals surface area (Å²) < 4.78 is 33.5. The van der Waals surface area contributed by atoms with E-state index in [-0.39, 0.29) is 5.75 Å². The van der Waals surface area contributed by atoms with Crippen molar-refractivity contribution in [3.63, 3.8) is 0 Å². The molecule has 0 heterocycles. The molecule has 0 radical (unpaired) electrons. The maximum Gasteiger partial charge on any atom is 0.387 e. The second kappa shape index (κ2) is 6.75. The molecule has 2 aromatic carbocycles. The third-order valence-corrected chi connectivity index (χ3v) is 2.71. The topological polar surface area (TPSA) is 30.5 Å². The van der Waals surface area contributed by atoms with Gasteiger partial charge in [-0.3, -0.25) is 0 Å². The van der Waals surface area contributed by atoms with Gasteiger partial charge in [-0.2, -0.15) is 8.78 Å². The lowest BCUT2D eigenvalue weighted by Gasteiger charge is -2.09. The summed E-state index contributed by atoms with van der Waals surface area (Å²) >= 11 is 0. The van der Waals surface area contributed by atoms with Gasteiger partial charge in [0.05, 0.1) is 7.11 Å². The molecule has 0 fully saturated rings. The standard InChI is InChI=1S/C15H15F2NO2/c1-19-14-4-2-3-11(9-14)10-18-12-5-7-13(8-6-12)20-15(16)17/h2-9,15,18H,10H2,1H3. The lowest BCUT2D eigenvalue weighted by Crippen LogP contribution is -2.02. The van der Waals surface area contributed by atoms with Crippen molar-refractivity contribution in [1.29, 1.82) is 0 Å². The molecule has 0 unspecified atom stereocenters. The van der Waals surface area contributed by atoms with Crippen molar-refractivity contribution in [3.8, 4) is 11.5 Å². The molecule has 0 aliphatic carbocycles. The maximum atomic E-state index is 12.0. The number of rotatable bonds is 6. The van der Waals surface area contributed by atoms with Gasteiger partial charge in [0.25, 0.3) is 0 Å². The molecule has 0 atom stereocenters. The fraction of sp³-hybridized carbons (Fsp3) is 0.200. The zero-order chi connectivity index (χ0) is 14.4. The highest BCUT2D eigenvalue weighted by Gasteiger charge is 2.03. The van der Waals surface area contributed by atoms with Crippen LogP contribution in [0.4, 0.5) is 14.5 Å². The summed E-state index contributed by atoms with van der Waals surface area (Å²) in [6.45, 7) is -2.18. The first-order valence-corrected chi connectivity index (χ1v) is 6.09. The average Bonchev–Trinajstić information content (AvgIpc) is 2.46. The van der Waals surface area contributed by atoms with E-state index < -0.39 is 6.61 Å². The van der Waals surface area contributed by atoms with Crippen LogP contribution in [0.2, 0.25) is 0 Å². The van der Waals surface area contributed by atoms with E-state index in [2.05, 4.69) is 10.1 Å². The van der Waals surface area contributed by atoms with Crippen molar-refractivity contribution >= 4 is 5.69 Å². The van der Waals surface area contributed by atoms with Crippen LogP contribution in [0.1, 0.15) is 5.56 Å². The highest BCUT2D eigenvalue weighted by atomic mass is 19.3. The number of halogens is 2. The summed E-state index contributed by atoms with van der Waals surface area (Å²) in [4.78, 5) is 0. The zero-order valence-corrected chi connectivity index (χ0v) is 11.0. The van der Waals surface area contributed by atoms with Crippen LogP contribution >= 0.6 is 0 Å². The SMILES string of the molecule is COc1cccc(CNc2ccc(OC(F)F)cc2)c1. The van der Waals surface area contributed by atoms with Crippen LogP contribution in [0, 0.1) is 0 Å². The van der Waals surface area contributed by atoms with E-state index in [1.54, 1.807) is 19.2 Å². The minimum Gasteiger partial charge on any atom is -0.497 e. The Labute approximate surface area is 116 Å². The average molecular weight is 279 g/mol. The fourth-order valence-corrected chi connectivity index (χ4v) is 1.74. The van der Waals surface area contributed by atoms with Gasteiger partial charge in [-0.1, -0.05) is 12.1 Å². The van der Waals surface area contributed by atoms with Crippen LogP contribution < -0.4 is 14.8 Å². The molecule has 1 N–H and O–H groups in total. The normalized spacial score (nSPS) is 10.4. The van der Waals surface area contributed by atoms with E-state index >= 15 is 0 Å². The quantitative estimate of drug-likeness (QED) is 0.869. The number of benzene rings is 2. The number of ether oxygens (including phenoxy) is 2. The van der Waals surface area contributed by atoms with Crippen LogP contribution in [-0.4, -0.2) is 13.7 Å². The minimum atomic E-state index is -2.80. The van der Waals surface area contributed by atoms with Gasteiger partial charge >= 0.3 is 6.61 Å². The lowest BCUT2D eigenvalue weighted by atomic mass is 10.2. The number of alkyl halides is 2. The largest absolute Gasteiger partial charge is 0.497 e. The predicted octanol–water partition coefficient (Wildman–Crippen LogP) is 3.91. The maximum absolute atomic E-state index is 12.0. The monoisotopic (exact) mass is 279 g/mol. The number of hydrogen-bond donors (Lipinski definition) is 1. The Balaban J connectivity index is 1.93. The molecule has 3 nitrogen and oxygen atoms in total. The van der Waals surface area contributed by atoms with E-state index in [1.165, 1.54) is 12.1 Å². The molecular weight excluding hydrogens is 264 g/mol. The number of nitrogens with one attached hydrogen (secondary N) is 1. The van der Waals surface area contributed by atoms with Crippen molar-refractivity contribution in [2.24, 2.45) is 0 Å². The Hall–Kier alpha value is -2.30. The third-order valence-electron chi connectivity index (χ3n) is 2.71. The summed E-state index contributed by atoms with van der Waals surface area (Å²) in [5.41, 5.74) is 1.90. The summed E-state index contributed by atoms with van der Waals surface area (Å²) in [5.74, 6) is 0.942. The minimum absolute atomic E-state index is 0.145. The van der Waals surface area contributed by atoms with Crippen LogP contribution in [0.3, 0.4) is 0 Å². The Kier molecular flexibility index (Phi) is 4.76. The molecule has 20 heavy (non-hydrogen) atoms. The first-order valence-electron chi connectivity index (χ1n) is 6.09. The van der Waals surface area contributed by atoms with Crippen molar-refractivity contribution < 1.29 is 18.3 Å². The highest BCUT2D eigenvalue weighted by Crippen LogP contribution is 2.19. The molecular formula is C15H15F2NO2. The van der Waals surface area contributed by atoms with E-state index in [4.69, 9.17) is 4.74 Å². The molecule has 0 amide bonds. The van der Waals surface area contributed by atoms with Gasteiger partial charge in [-0.25, -0.2) is 0 Å².